The van der Waals surface area contributed by atoms with Crippen LogP contribution in [0.1, 0.15) is 23.3 Å². The Morgan fingerprint density at radius 1 is 1.25 bits per heavy atom. The molecule has 0 atom stereocenters. The summed E-state index contributed by atoms with van der Waals surface area (Å²) in [5.74, 6) is 0.959. The minimum atomic E-state index is -0.138. The zero-order valence-corrected chi connectivity index (χ0v) is 18.3. The molecule has 2 heterocycles. The van der Waals surface area contributed by atoms with Crippen LogP contribution in [-0.4, -0.2) is 26.4 Å². The van der Waals surface area contributed by atoms with Crippen LogP contribution in [0.25, 0.3) is 11.4 Å². The number of hydrogen-bond donors (Lipinski definition) is 1. The minimum absolute atomic E-state index is 0.138. The molecule has 0 fully saturated rings. The number of benzene rings is 1. The summed E-state index contributed by atoms with van der Waals surface area (Å²) < 4.78 is 1.97. The maximum Gasteiger partial charge on any atom is 0.234 e. The second-order valence-corrected chi connectivity index (χ2v) is 9.31. The number of thiophene rings is 1. The summed E-state index contributed by atoms with van der Waals surface area (Å²) in [6, 6.07) is 5.01. The lowest BCUT2D eigenvalue weighted by molar-refractivity contribution is -0.113. The molecule has 0 spiro atoms. The molecule has 0 unspecified atom stereocenters. The lowest BCUT2D eigenvalue weighted by Crippen LogP contribution is -2.14. The molecule has 0 saturated heterocycles. The fourth-order valence-electron chi connectivity index (χ4n) is 3.26. The molecule has 1 aromatic carbocycles. The third kappa shape index (κ3) is 4.08. The first-order chi connectivity index (χ1) is 13.5. The second kappa shape index (κ2) is 8.45. The average Bonchev–Trinajstić information content (AvgIpc) is 3.26. The number of aromatic nitrogens is 3. The first-order valence-corrected chi connectivity index (χ1v) is 11.5. The normalized spacial score (nSPS) is 13.4. The van der Waals surface area contributed by atoms with Gasteiger partial charge >= 0.3 is 0 Å². The number of carbonyl (C=O) groups is 1. The Labute approximate surface area is 181 Å². The van der Waals surface area contributed by atoms with E-state index in [1.54, 1.807) is 18.2 Å². The fraction of sp³-hybridized carbons (Fsp3) is 0.316. The van der Waals surface area contributed by atoms with Gasteiger partial charge in [-0.1, -0.05) is 35.0 Å². The molecule has 28 heavy (non-hydrogen) atoms. The molecule has 0 radical (unpaired) electrons. The molecule has 0 aliphatic heterocycles. The van der Waals surface area contributed by atoms with Crippen LogP contribution in [0.4, 0.5) is 5.69 Å². The zero-order valence-electron chi connectivity index (χ0n) is 15.2. The van der Waals surface area contributed by atoms with Crippen LogP contribution < -0.4 is 5.32 Å². The summed E-state index contributed by atoms with van der Waals surface area (Å²) in [6.07, 6.45) is 4.76. The molecular weight excluding hydrogens is 435 g/mol. The Morgan fingerprint density at radius 3 is 2.89 bits per heavy atom. The number of nitrogens with zero attached hydrogens (tertiary/aromatic N) is 3. The molecule has 1 amide bonds. The van der Waals surface area contributed by atoms with E-state index >= 15 is 0 Å². The molecule has 146 valence electrons. The summed E-state index contributed by atoms with van der Waals surface area (Å²) in [5, 5.41) is 15.3. The number of rotatable bonds is 5. The maximum atomic E-state index is 12.3. The zero-order chi connectivity index (χ0) is 19.7. The largest absolute Gasteiger partial charge is 0.325 e. The highest BCUT2D eigenvalue weighted by atomic mass is 35.5. The van der Waals surface area contributed by atoms with E-state index in [4.69, 9.17) is 23.2 Å². The number of nitrogens with one attached hydrogen (secondary N) is 1. The number of halogens is 2. The van der Waals surface area contributed by atoms with Crippen molar-refractivity contribution in [2.24, 2.45) is 7.05 Å². The Kier molecular flexibility index (Phi) is 5.96. The summed E-state index contributed by atoms with van der Waals surface area (Å²) in [6.45, 7) is 0. The van der Waals surface area contributed by atoms with Crippen molar-refractivity contribution in [2.75, 3.05) is 11.1 Å². The van der Waals surface area contributed by atoms with Crippen molar-refractivity contribution in [1.82, 2.24) is 14.8 Å². The van der Waals surface area contributed by atoms with E-state index in [0.717, 1.165) is 23.8 Å². The number of hydrogen-bond acceptors (Lipinski definition) is 5. The Bertz CT molecular complexity index is 1030. The van der Waals surface area contributed by atoms with Gasteiger partial charge in [0.05, 0.1) is 15.8 Å². The number of carbonyl (C=O) groups excluding carboxylic acids is 1. The molecule has 0 saturated carbocycles. The van der Waals surface area contributed by atoms with Gasteiger partial charge in [0, 0.05) is 28.6 Å². The van der Waals surface area contributed by atoms with Gasteiger partial charge in [-0.25, -0.2) is 0 Å². The molecule has 1 aliphatic rings. The van der Waals surface area contributed by atoms with Crippen LogP contribution in [0.3, 0.4) is 0 Å². The van der Waals surface area contributed by atoms with Crippen molar-refractivity contribution < 1.29 is 4.79 Å². The molecular formula is C19H18Cl2N4OS2. The lowest BCUT2D eigenvalue weighted by atomic mass is 9.96. The predicted octanol–water partition coefficient (Wildman–Crippen LogP) is 5.46. The molecule has 5 nitrogen and oxygen atoms in total. The van der Waals surface area contributed by atoms with Crippen LogP contribution in [0.2, 0.25) is 10.0 Å². The van der Waals surface area contributed by atoms with Gasteiger partial charge in [0.25, 0.3) is 0 Å². The van der Waals surface area contributed by atoms with E-state index in [2.05, 4.69) is 20.9 Å². The molecule has 9 heteroatoms. The van der Waals surface area contributed by atoms with Gasteiger partial charge < -0.3 is 9.88 Å². The van der Waals surface area contributed by atoms with Crippen molar-refractivity contribution in [3.63, 3.8) is 0 Å². The van der Waals surface area contributed by atoms with Gasteiger partial charge in [-0.05, 0) is 49.4 Å². The molecule has 3 aromatic rings. The first kappa shape index (κ1) is 19.8. The van der Waals surface area contributed by atoms with Gasteiger partial charge in [-0.15, -0.1) is 21.5 Å². The smallest absolute Gasteiger partial charge is 0.234 e. The van der Waals surface area contributed by atoms with Crippen molar-refractivity contribution in [1.29, 1.82) is 0 Å². The van der Waals surface area contributed by atoms with E-state index in [-0.39, 0.29) is 11.7 Å². The molecule has 4 rings (SSSR count). The van der Waals surface area contributed by atoms with Crippen molar-refractivity contribution in [3.8, 4) is 11.4 Å². The number of anilines is 1. The summed E-state index contributed by atoms with van der Waals surface area (Å²) in [7, 11) is 1.95. The van der Waals surface area contributed by atoms with Crippen molar-refractivity contribution >= 4 is 57.9 Å². The summed E-state index contributed by atoms with van der Waals surface area (Å²) >= 11 is 15.1. The molecule has 1 aliphatic carbocycles. The second-order valence-electron chi connectivity index (χ2n) is 6.59. The highest BCUT2D eigenvalue weighted by Gasteiger charge is 2.21. The van der Waals surface area contributed by atoms with E-state index in [9.17, 15) is 4.79 Å². The van der Waals surface area contributed by atoms with Crippen LogP contribution in [-0.2, 0) is 24.7 Å². The van der Waals surface area contributed by atoms with Crippen LogP contribution >= 0.6 is 46.3 Å². The SMILES string of the molecule is Cn1c(SCC(=O)Nc2ccc(Cl)c(Cl)c2)nnc1-c1csc2c1CCCC2. The summed E-state index contributed by atoms with van der Waals surface area (Å²) in [4.78, 5) is 13.7. The monoisotopic (exact) mass is 452 g/mol. The van der Waals surface area contributed by atoms with Gasteiger partial charge in [0.1, 0.15) is 0 Å². The average molecular weight is 453 g/mol. The van der Waals surface area contributed by atoms with Gasteiger partial charge in [0.2, 0.25) is 5.91 Å². The minimum Gasteiger partial charge on any atom is -0.325 e. The standard InChI is InChI=1S/C19H18Cl2N4OS2/c1-25-18(13-9-27-16-5-3-2-4-12(13)16)23-24-19(25)28-10-17(26)22-11-6-7-14(20)15(21)8-11/h6-9H,2-5,10H2,1H3,(H,22,26). The summed E-state index contributed by atoms with van der Waals surface area (Å²) in [5.41, 5.74) is 3.21. The predicted molar refractivity (Wildman–Crippen MR) is 117 cm³/mol. The Morgan fingerprint density at radius 2 is 2.07 bits per heavy atom. The van der Waals surface area contributed by atoms with E-state index in [1.165, 1.54) is 40.6 Å². The van der Waals surface area contributed by atoms with Crippen molar-refractivity contribution in [3.05, 3.63) is 44.1 Å². The van der Waals surface area contributed by atoms with Crippen LogP contribution in [0, 0.1) is 0 Å². The number of aryl methyl sites for hydroxylation is 1. The molecule has 0 bridgehead atoms. The Hall–Kier alpha value is -1.54. The number of thioether (sulfide) groups is 1. The van der Waals surface area contributed by atoms with E-state index in [1.807, 2.05) is 23.0 Å². The third-order valence-corrected chi connectivity index (χ3v) is 7.52. The van der Waals surface area contributed by atoms with E-state index in [0.29, 0.717) is 15.7 Å². The Balaban J connectivity index is 1.43. The van der Waals surface area contributed by atoms with Gasteiger partial charge in [0.15, 0.2) is 11.0 Å². The topological polar surface area (TPSA) is 59.8 Å². The third-order valence-electron chi connectivity index (χ3n) is 4.67. The highest BCUT2D eigenvalue weighted by Crippen LogP contribution is 2.36. The quantitative estimate of drug-likeness (QED) is 0.522. The highest BCUT2D eigenvalue weighted by molar-refractivity contribution is 7.99. The first-order valence-electron chi connectivity index (χ1n) is 8.89. The van der Waals surface area contributed by atoms with Crippen LogP contribution in [0.5, 0.6) is 0 Å². The maximum absolute atomic E-state index is 12.3. The number of amides is 1. The van der Waals surface area contributed by atoms with Gasteiger partial charge in [-0.2, -0.15) is 0 Å². The molecule has 1 N–H and O–H groups in total. The number of fused-ring (bicyclic) bond motifs is 1. The lowest BCUT2D eigenvalue weighted by Gasteiger charge is -2.12. The van der Waals surface area contributed by atoms with Gasteiger partial charge in [-0.3, -0.25) is 4.79 Å². The molecule has 2 aromatic heterocycles. The van der Waals surface area contributed by atoms with Crippen molar-refractivity contribution in [2.45, 2.75) is 30.8 Å². The van der Waals surface area contributed by atoms with E-state index < -0.39 is 0 Å². The fourth-order valence-corrected chi connectivity index (χ4v) is 5.39. The van der Waals surface area contributed by atoms with Crippen LogP contribution in [0.15, 0.2) is 28.7 Å².